The summed E-state index contributed by atoms with van der Waals surface area (Å²) in [4.78, 5) is 16.4. The number of aryl methyl sites for hydroxylation is 1. The molecule has 1 aliphatic heterocycles. The molecular weight excluding hydrogens is 307 g/mol. The quantitative estimate of drug-likeness (QED) is 0.904. The van der Waals surface area contributed by atoms with Gasteiger partial charge >= 0.3 is 0 Å². The van der Waals surface area contributed by atoms with Crippen molar-refractivity contribution < 1.29 is 9.18 Å². The molecule has 1 amide bonds. The van der Waals surface area contributed by atoms with Gasteiger partial charge in [-0.05, 0) is 50.9 Å². The third-order valence-electron chi connectivity index (χ3n) is 4.56. The minimum Gasteiger partial charge on any atom is -0.352 e. The molecule has 2 heterocycles. The number of nitrogens with one attached hydrogen (secondary N) is 2. The molecule has 1 saturated heterocycles. The van der Waals surface area contributed by atoms with Crippen molar-refractivity contribution in [3.05, 3.63) is 47.8 Å². The second kappa shape index (κ2) is 7.13. The van der Waals surface area contributed by atoms with Crippen LogP contribution in [0.2, 0.25) is 0 Å². The number of benzene rings is 1. The number of piperidine rings is 1. The highest BCUT2D eigenvalue weighted by molar-refractivity contribution is 5.78. The van der Waals surface area contributed by atoms with Crippen molar-refractivity contribution in [2.24, 2.45) is 5.92 Å². The molecule has 2 N–H and O–H groups in total. The molecule has 2 aromatic rings. The van der Waals surface area contributed by atoms with Crippen LogP contribution in [0.25, 0.3) is 5.69 Å². The molecule has 24 heavy (non-hydrogen) atoms. The summed E-state index contributed by atoms with van der Waals surface area (Å²) in [6.07, 6.45) is 5.07. The molecule has 0 unspecified atom stereocenters. The average molecular weight is 330 g/mol. The molecular formula is C18H23FN4O. The van der Waals surface area contributed by atoms with Crippen molar-refractivity contribution in [1.82, 2.24) is 20.2 Å². The minimum atomic E-state index is -0.321. The summed E-state index contributed by atoms with van der Waals surface area (Å²) in [5.74, 6) is 0.505. The van der Waals surface area contributed by atoms with Crippen molar-refractivity contribution in [2.75, 3.05) is 6.54 Å². The zero-order valence-corrected chi connectivity index (χ0v) is 14.1. The van der Waals surface area contributed by atoms with Crippen LogP contribution in [-0.4, -0.2) is 28.0 Å². The summed E-state index contributed by atoms with van der Waals surface area (Å²) in [6, 6.07) is 5.39. The van der Waals surface area contributed by atoms with Crippen molar-refractivity contribution in [3.8, 4) is 5.69 Å². The Morgan fingerprint density at radius 2 is 2.33 bits per heavy atom. The van der Waals surface area contributed by atoms with E-state index in [1.54, 1.807) is 23.0 Å². The van der Waals surface area contributed by atoms with E-state index in [1.807, 2.05) is 13.0 Å². The van der Waals surface area contributed by atoms with E-state index >= 15 is 0 Å². The van der Waals surface area contributed by atoms with E-state index in [-0.39, 0.29) is 17.6 Å². The average Bonchev–Trinajstić information content (AvgIpc) is 2.98. The standard InChI is InChI=1S/C18H23FN4O/c1-12-9-15(5-6-20-12)18(24)22-11-14-3-4-17(16(19)10-14)23-8-7-21-13(23)2/h3-4,7-8,10,12,15,20H,5-6,9,11H2,1-2H3,(H,22,24)/t12-,15-/m0/s1. The molecule has 0 radical (unpaired) electrons. The molecule has 0 bridgehead atoms. The van der Waals surface area contributed by atoms with E-state index in [9.17, 15) is 9.18 Å². The predicted octanol–water partition coefficient (Wildman–Crippen LogP) is 2.32. The van der Waals surface area contributed by atoms with Crippen LogP contribution in [0.3, 0.4) is 0 Å². The Morgan fingerprint density at radius 3 is 3.00 bits per heavy atom. The van der Waals surface area contributed by atoms with Crippen molar-refractivity contribution >= 4 is 5.91 Å². The Kier molecular flexibility index (Phi) is 4.94. The minimum absolute atomic E-state index is 0.0407. The van der Waals surface area contributed by atoms with Crippen LogP contribution in [0.4, 0.5) is 4.39 Å². The van der Waals surface area contributed by atoms with Gasteiger partial charge in [0, 0.05) is 30.9 Å². The number of imidazole rings is 1. The maximum atomic E-state index is 14.4. The molecule has 6 heteroatoms. The summed E-state index contributed by atoms with van der Waals surface area (Å²) in [5, 5.41) is 6.26. The number of nitrogens with zero attached hydrogens (tertiary/aromatic N) is 2. The molecule has 1 fully saturated rings. The normalized spacial score (nSPS) is 20.8. The Hall–Kier alpha value is -2.21. The zero-order valence-electron chi connectivity index (χ0n) is 14.1. The lowest BCUT2D eigenvalue weighted by molar-refractivity contribution is -0.126. The third kappa shape index (κ3) is 3.64. The first-order chi connectivity index (χ1) is 11.5. The van der Waals surface area contributed by atoms with E-state index in [1.165, 1.54) is 6.07 Å². The number of hydrogen-bond acceptors (Lipinski definition) is 3. The zero-order chi connectivity index (χ0) is 17.1. The van der Waals surface area contributed by atoms with Gasteiger partial charge < -0.3 is 15.2 Å². The largest absolute Gasteiger partial charge is 0.352 e. The van der Waals surface area contributed by atoms with Gasteiger partial charge in [-0.25, -0.2) is 9.37 Å². The Balaban J connectivity index is 1.63. The maximum Gasteiger partial charge on any atom is 0.223 e. The Bertz CT molecular complexity index is 728. The van der Waals surface area contributed by atoms with Gasteiger partial charge in [0.1, 0.15) is 11.6 Å². The molecule has 1 aliphatic rings. The van der Waals surface area contributed by atoms with Crippen LogP contribution in [0.15, 0.2) is 30.6 Å². The Labute approximate surface area is 141 Å². The van der Waals surface area contributed by atoms with Crippen LogP contribution in [0, 0.1) is 18.7 Å². The van der Waals surface area contributed by atoms with Crippen molar-refractivity contribution in [3.63, 3.8) is 0 Å². The highest BCUT2D eigenvalue weighted by Gasteiger charge is 2.24. The summed E-state index contributed by atoms with van der Waals surface area (Å²) in [6.45, 7) is 5.13. The van der Waals surface area contributed by atoms with E-state index in [0.29, 0.717) is 18.3 Å². The molecule has 0 saturated carbocycles. The van der Waals surface area contributed by atoms with Gasteiger partial charge in [0.25, 0.3) is 0 Å². The van der Waals surface area contributed by atoms with Crippen LogP contribution < -0.4 is 10.6 Å². The van der Waals surface area contributed by atoms with Gasteiger partial charge in [0.05, 0.1) is 5.69 Å². The molecule has 1 aromatic heterocycles. The van der Waals surface area contributed by atoms with Gasteiger partial charge in [-0.3, -0.25) is 4.79 Å². The fourth-order valence-electron chi connectivity index (χ4n) is 3.19. The highest BCUT2D eigenvalue weighted by atomic mass is 19.1. The highest BCUT2D eigenvalue weighted by Crippen LogP contribution is 2.18. The van der Waals surface area contributed by atoms with Crippen LogP contribution in [-0.2, 0) is 11.3 Å². The molecule has 5 nitrogen and oxygen atoms in total. The third-order valence-corrected chi connectivity index (χ3v) is 4.56. The van der Waals surface area contributed by atoms with Gasteiger partial charge in [-0.2, -0.15) is 0 Å². The fraction of sp³-hybridized carbons (Fsp3) is 0.444. The topological polar surface area (TPSA) is 59.0 Å². The van der Waals surface area contributed by atoms with Crippen molar-refractivity contribution in [1.29, 1.82) is 0 Å². The van der Waals surface area contributed by atoms with Gasteiger partial charge in [0.15, 0.2) is 0 Å². The second-order valence-electron chi connectivity index (χ2n) is 6.42. The van der Waals surface area contributed by atoms with Crippen LogP contribution in [0.1, 0.15) is 31.2 Å². The number of halogens is 1. The van der Waals surface area contributed by atoms with Gasteiger partial charge in [0.2, 0.25) is 5.91 Å². The lowest BCUT2D eigenvalue weighted by Crippen LogP contribution is -2.42. The monoisotopic (exact) mass is 330 g/mol. The SMILES string of the molecule is Cc1nccn1-c1ccc(CNC(=O)[C@H]2CCN[C@@H](C)C2)cc1F. The van der Waals surface area contributed by atoms with Gasteiger partial charge in [-0.1, -0.05) is 6.07 Å². The lowest BCUT2D eigenvalue weighted by Gasteiger charge is -2.27. The molecule has 2 atom stereocenters. The first kappa shape index (κ1) is 16.6. The summed E-state index contributed by atoms with van der Waals surface area (Å²) < 4.78 is 16.1. The first-order valence-corrected chi connectivity index (χ1v) is 8.34. The number of rotatable bonds is 4. The number of hydrogen-bond donors (Lipinski definition) is 2. The van der Waals surface area contributed by atoms with E-state index < -0.39 is 0 Å². The lowest BCUT2D eigenvalue weighted by atomic mass is 9.92. The number of carbonyl (C=O) groups is 1. The van der Waals surface area contributed by atoms with Crippen LogP contribution in [0.5, 0.6) is 0 Å². The molecule has 0 spiro atoms. The number of carbonyl (C=O) groups excluding carboxylic acids is 1. The van der Waals surface area contributed by atoms with Crippen molar-refractivity contribution in [2.45, 2.75) is 39.3 Å². The first-order valence-electron chi connectivity index (χ1n) is 8.34. The summed E-state index contributed by atoms with van der Waals surface area (Å²) in [5.41, 5.74) is 1.22. The second-order valence-corrected chi connectivity index (χ2v) is 6.42. The molecule has 128 valence electrons. The maximum absolute atomic E-state index is 14.4. The summed E-state index contributed by atoms with van der Waals surface area (Å²) in [7, 11) is 0. The molecule has 1 aromatic carbocycles. The smallest absolute Gasteiger partial charge is 0.223 e. The van der Waals surface area contributed by atoms with Crippen LogP contribution >= 0.6 is 0 Å². The number of aromatic nitrogens is 2. The van der Waals surface area contributed by atoms with E-state index in [4.69, 9.17) is 0 Å². The summed E-state index contributed by atoms with van der Waals surface area (Å²) >= 11 is 0. The number of amides is 1. The predicted molar refractivity (Wildman–Crippen MR) is 90.3 cm³/mol. The van der Waals surface area contributed by atoms with E-state index in [2.05, 4.69) is 22.5 Å². The van der Waals surface area contributed by atoms with Gasteiger partial charge in [-0.15, -0.1) is 0 Å². The van der Waals surface area contributed by atoms with E-state index in [0.717, 1.165) is 30.8 Å². The Morgan fingerprint density at radius 1 is 1.50 bits per heavy atom. The molecule has 0 aliphatic carbocycles. The molecule has 3 rings (SSSR count). The fourth-order valence-corrected chi connectivity index (χ4v) is 3.19.